The number of anilines is 1. The molecule has 0 saturated carbocycles. The number of carbonyl (C=O) groups excluding carboxylic acids is 2. The highest BCUT2D eigenvalue weighted by molar-refractivity contribution is 7.13. The molecule has 0 radical (unpaired) electrons. The number of nitrogens with zero attached hydrogens (tertiary/aromatic N) is 1. The lowest BCUT2D eigenvalue weighted by Gasteiger charge is -2.37. The summed E-state index contributed by atoms with van der Waals surface area (Å²) in [4.78, 5) is 30.1. The number of aromatic nitrogens is 1. The third kappa shape index (κ3) is 4.62. The van der Waals surface area contributed by atoms with Crippen LogP contribution in [0, 0.1) is 5.92 Å². The molecule has 0 bridgehead atoms. The molecule has 1 aromatic heterocycles. The van der Waals surface area contributed by atoms with E-state index in [2.05, 4.69) is 15.6 Å². The van der Waals surface area contributed by atoms with Crippen LogP contribution < -0.4 is 10.6 Å². The molecule has 2 N–H and O–H groups in total. The lowest BCUT2D eigenvalue weighted by Crippen LogP contribution is -2.61. The van der Waals surface area contributed by atoms with E-state index in [1.54, 1.807) is 39.3 Å². The van der Waals surface area contributed by atoms with Crippen LogP contribution in [0.3, 0.4) is 0 Å². The molecule has 6 atom stereocenters. The molecule has 6 unspecified atom stereocenters. The molecule has 11 heteroatoms. The van der Waals surface area contributed by atoms with E-state index in [0.29, 0.717) is 5.13 Å². The van der Waals surface area contributed by atoms with E-state index >= 15 is 0 Å². The zero-order valence-corrected chi connectivity index (χ0v) is 19.2. The van der Waals surface area contributed by atoms with Crippen molar-refractivity contribution in [3.63, 3.8) is 0 Å². The van der Waals surface area contributed by atoms with Crippen molar-refractivity contribution in [1.29, 1.82) is 0 Å². The molecule has 4 heterocycles. The topological polar surface area (TPSA) is 117 Å². The first kappa shape index (κ1) is 22.6. The normalized spacial score (nSPS) is 34.1. The Bertz CT molecular complexity index is 829. The Hall–Kier alpha value is -1.63. The average molecular weight is 456 g/mol. The summed E-state index contributed by atoms with van der Waals surface area (Å²) in [6, 6.07) is -0.788. The number of amides is 2. The highest BCUT2D eigenvalue weighted by Crippen LogP contribution is 2.44. The van der Waals surface area contributed by atoms with Gasteiger partial charge >= 0.3 is 0 Å². The van der Waals surface area contributed by atoms with Crippen LogP contribution in [0.2, 0.25) is 0 Å². The summed E-state index contributed by atoms with van der Waals surface area (Å²) in [5.41, 5.74) is 0. The van der Waals surface area contributed by atoms with E-state index in [4.69, 9.17) is 23.7 Å². The van der Waals surface area contributed by atoms with Gasteiger partial charge in [0.25, 0.3) is 5.91 Å². The van der Waals surface area contributed by atoms with Crippen molar-refractivity contribution in [1.82, 2.24) is 10.3 Å². The van der Waals surface area contributed by atoms with Gasteiger partial charge in [-0.25, -0.2) is 4.98 Å². The Morgan fingerprint density at radius 3 is 2.32 bits per heavy atom. The summed E-state index contributed by atoms with van der Waals surface area (Å²) < 4.78 is 29.8. The van der Waals surface area contributed by atoms with Crippen LogP contribution in [-0.2, 0) is 33.3 Å². The minimum Gasteiger partial charge on any atom is -0.342 e. The van der Waals surface area contributed by atoms with Gasteiger partial charge in [-0.1, -0.05) is 13.8 Å². The third-order valence-corrected chi connectivity index (χ3v) is 6.01. The summed E-state index contributed by atoms with van der Waals surface area (Å²) in [5, 5.41) is 7.77. The third-order valence-electron chi connectivity index (χ3n) is 5.32. The fourth-order valence-electron chi connectivity index (χ4n) is 4.06. The number of nitrogens with one attached hydrogen (secondary N) is 2. The molecule has 3 fully saturated rings. The number of hydrogen-bond acceptors (Lipinski definition) is 9. The number of hydrogen-bond donors (Lipinski definition) is 2. The number of carbonyl (C=O) groups is 2. The van der Waals surface area contributed by atoms with Crippen molar-refractivity contribution in [3.05, 3.63) is 11.6 Å². The average Bonchev–Trinajstić information content (AvgIpc) is 3.34. The largest absolute Gasteiger partial charge is 0.342 e. The van der Waals surface area contributed by atoms with Crippen LogP contribution in [0.1, 0.15) is 41.5 Å². The first-order chi connectivity index (χ1) is 14.5. The molecule has 10 nitrogen and oxygen atoms in total. The van der Waals surface area contributed by atoms with Crippen molar-refractivity contribution in [3.8, 4) is 0 Å². The lowest BCUT2D eigenvalue weighted by atomic mass is 9.97. The smallest absolute Gasteiger partial charge is 0.252 e. The molecule has 3 aliphatic rings. The Labute approximate surface area is 184 Å². The van der Waals surface area contributed by atoms with Crippen molar-refractivity contribution in [2.45, 2.75) is 89.9 Å². The van der Waals surface area contributed by atoms with Gasteiger partial charge in [-0.05, 0) is 33.6 Å². The second kappa shape index (κ2) is 8.05. The molecule has 0 aromatic carbocycles. The van der Waals surface area contributed by atoms with E-state index in [9.17, 15) is 9.59 Å². The summed E-state index contributed by atoms with van der Waals surface area (Å²) in [6.07, 6.45) is -2.00. The molecular formula is C20H29N3O7S. The molecule has 4 rings (SSSR count). The maximum absolute atomic E-state index is 13.3. The maximum Gasteiger partial charge on any atom is 0.252 e. The fraction of sp³-hybridized carbons (Fsp3) is 0.750. The van der Waals surface area contributed by atoms with Crippen LogP contribution in [0.5, 0.6) is 0 Å². The van der Waals surface area contributed by atoms with Crippen LogP contribution >= 0.6 is 11.3 Å². The molecule has 3 saturated heterocycles. The predicted octanol–water partition coefficient (Wildman–Crippen LogP) is 1.62. The van der Waals surface area contributed by atoms with Crippen LogP contribution in [0.15, 0.2) is 11.6 Å². The van der Waals surface area contributed by atoms with Gasteiger partial charge in [-0.2, -0.15) is 0 Å². The summed E-state index contributed by atoms with van der Waals surface area (Å²) >= 11 is 1.30. The highest BCUT2D eigenvalue weighted by atomic mass is 32.1. The van der Waals surface area contributed by atoms with E-state index in [1.165, 1.54) is 11.3 Å². The summed E-state index contributed by atoms with van der Waals surface area (Å²) in [6.45, 7) is 10.8. The summed E-state index contributed by atoms with van der Waals surface area (Å²) in [7, 11) is 0. The van der Waals surface area contributed by atoms with E-state index < -0.39 is 54.2 Å². The standard InChI is InChI=1S/C20H29N3O7S/c1-9(2)10(15(24)23-18-21-7-8-31-18)22-16(25)13-11-12(28-19(3,4)27-11)14-17(26-13)30-20(5,6)29-14/h7-14,17H,1-6H3,(H,22,25)(H,21,23,24). The van der Waals surface area contributed by atoms with Gasteiger partial charge in [0, 0.05) is 11.6 Å². The van der Waals surface area contributed by atoms with Crippen molar-refractivity contribution >= 4 is 28.3 Å². The Morgan fingerprint density at radius 2 is 1.68 bits per heavy atom. The molecule has 31 heavy (non-hydrogen) atoms. The molecule has 172 valence electrons. The SMILES string of the molecule is CC(C)C(NC(=O)C1OC2OC(C)(C)OC2C2OC(C)(C)OC12)C(=O)Nc1nccs1. The van der Waals surface area contributed by atoms with Gasteiger partial charge in [-0.3, -0.25) is 9.59 Å². The van der Waals surface area contributed by atoms with Crippen LogP contribution in [0.25, 0.3) is 0 Å². The fourth-order valence-corrected chi connectivity index (χ4v) is 4.59. The number of rotatable bonds is 5. The minimum absolute atomic E-state index is 0.168. The minimum atomic E-state index is -1.03. The Morgan fingerprint density at radius 1 is 1.03 bits per heavy atom. The Balaban J connectivity index is 1.51. The van der Waals surface area contributed by atoms with Crippen molar-refractivity contribution < 1.29 is 33.3 Å². The van der Waals surface area contributed by atoms with Gasteiger partial charge in [0.15, 0.2) is 29.1 Å². The quantitative estimate of drug-likeness (QED) is 0.688. The zero-order valence-electron chi connectivity index (χ0n) is 18.4. The zero-order chi connectivity index (χ0) is 22.6. The van der Waals surface area contributed by atoms with E-state index in [0.717, 1.165) is 0 Å². The number of ether oxygens (including phenoxy) is 5. The Kier molecular flexibility index (Phi) is 5.86. The number of thiazole rings is 1. The van der Waals surface area contributed by atoms with Crippen LogP contribution in [0.4, 0.5) is 5.13 Å². The van der Waals surface area contributed by atoms with Crippen molar-refractivity contribution in [2.75, 3.05) is 5.32 Å². The highest BCUT2D eigenvalue weighted by Gasteiger charge is 2.62. The first-order valence-corrected chi connectivity index (χ1v) is 11.2. The molecule has 3 aliphatic heterocycles. The molecular weight excluding hydrogens is 426 g/mol. The maximum atomic E-state index is 13.3. The number of fused-ring (bicyclic) bond motifs is 3. The van der Waals surface area contributed by atoms with Gasteiger partial charge in [0.05, 0.1) is 0 Å². The van der Waals surface area contributed by atoms with Crippen molar-refractivity contribution in [2.24, 2.45) is 5.92 Å². The first-order valence-electron chi connectivity index (χ1n) is 10.3. The molecule has 1 aromatic rings. The van der Waals surface area contributed by atoms with Gasteiger partial charge < -0.3 is 34.3 Å². The summed E-state index contributed by atoms with van der Waals surface area (Å²) in [5.74, 6) is -2.79. The second-order valence-electron chi connectivity index (χ2n) is 9.15. The predicted molar refractivity (Wildman–Crippen MR) is 110 cm³/mol. The van der Waals surface area contributed by atoms with Gasteiger partial charge in [-0.15, -0.1) is 11.3 Å². The van der Waals surface area contributed by atoms with E-state index in [-0.39, 0.29) is 11.8 Å². The molecule has 2 amide bonds. The van der Waals surface area contributed by atoms with Gasteiger partial charge in [0.1, 0.15) is 24.4 Å². The molecule has 0 aliphatic carbocycles. The van der Waals surface area contributed by atoms with Crippen LogP contribution in [-0.4, -0.2) is 65.1 Å². The van der Waals surface area contributed by atoms with E-state index in [1.807, 2.05) is 13.8 Å². The monoisotopic (exact) mass is 455 g/mol. The second-order valence-corrected chi connectivity index (χ2v) is 10.0. The van der Waals surface area contributed by atoms with Gasteiger partial charge in [0.2, 0.25) is 5.91 Å². The lowest BCUT2D eigenvalue weighted by molar-refractivity contribution is -0.231. The molecule has 0 spiro atoms.